The second-order valence-electron chi connectivity index (χ2n) is 5.80. The smallest absolute Gasteiger partial charge is 0.0237 e. The van der Waals surface area contributed by atoms with Gasteiger partial charge in [0.25, 0.3) is 0 Å². The molecule has 1 aliphatic rings. The Labute approximate surface area is 121 Å². The fourth-order valence-electron chi connectivity index (χ4n) is 3.20. The molecule has 0 bridgehead atoms. The monoisotopic (exact) mass is 268 g/mol. The van der Waals surface area contributed by atoms with Crippen molar-refractivity contribution < 1.29 is 0 Å². The van der Waals surface area contributed by atoms with Crippen molar-refractivity contribution >= 4 is 10.8 Å². The predicted molar refractivity (Wildman–Crippen MR) is 85.9 cm³/mol. The van der Waals surface area contributed by atoms with Crippen LogP contribution in [0.1, 0.15) is 25.3 Å². The number of rotatable bonds is 5. The van der Waals surface area contributed by atoms with Gasteiger partial charge in [0.2, 0.25) is 0 Å². The van der Waals surface area contributed by atoms with E-state index in [1.54, 1.807) is 0 Å². The number of fused-ring (bicyclic) bond motifs is 1. The average molecular weight is 268 g/mol. The molecule has 1 fully saturated rings. The van der Waals surface area contributed by atoms with Gasteiger partial charge in [0.15, 0.2) is 0 Å². The van der Waals surface area contributed by atoms with E-state index in [1.807, 2.05) is 0 Å². The predicted octanol–water partition coefficient (Wildman–Crippen LogP) is 3.41. The number of benzene rings is 2. The van der Waals surface area contributed by atoms with Gasteiger partial charge < -0.3 is 5.32 Å². The van der Waals surface area contributed by atoms with Crippen LogP contribution in [0.2, 0.25) is 0 Å². The Morgan fingerprint density at radius 3 is 2.75 bits per heavy atom. The summed E-state index contributed by atoms with van der Waals surface area (Å²) >= 11 is 0. The summed E-state index contributed by atoms with van der Waals surface area (Å²) in [4.78, 5) is 2.64. The normalized spacial score (nSPS) is 19.0. The van der Waals surface area contributed by atoms with Gasteiger partial charge in [-0.05, 0) is 48.3 Å². The molecule has 3 rings (SSSR count). The highest BCUT2D eigenvalue weighted by Crippen LogP contribution is 2.19. The number of nitrogens with zero attached hydrogens (tertiary/aromatic N) is 1. The average Bonchev–Trinajstić information content (AvgIpc) is 3.01. The van der Waals surface area contributed by atoms with Gasteiger partial charge in [-0.15, -0.1) is 0 Å². The first kappa shape index (κ1) is 13.6. The lowest BCUT2D eigenvalue weighted by Gasteiger charge is -2.28. The summed E-state index contributed by atoms with van der Waals surface area (Å²) in [6.45, 7) is 6.86. The van der Waals surface area contributed by atoms with E-state index in [-0.39, 0.29) is 0 Å². The van der Waals surface area contributed by atoms with Crippen LogP contribution >= 0.6 is 0 Å². The second-order valence-corrected chi connectivity index (χ2v) is 5.80. The minimum Gasteiger partial charge on any atom is -0.315 e. The van der Waals surface area contributed by atoms with E-state index >= 15 is 0 Å². The second kappa shape index (κ2) is 6.38. The molecule has 0 saturated carbocycles. The molecule has 1 saturated heterocycles. The van der Waals surface area contributed by atoms with Crippen LogP contribution in [0.5, 0.6) is 0 Å². The first-order chi connectivity index (χ1) is 9.86. The molecule has 1 aliphatic heterocycles. The Morgan fingerprint density at radius 2 is 2.00 bits per heavy atom. The Balaban J connectivity index is 1.78. The van der Waals surface area contributed by atoms with E-state index in [1.165, 1.54) is 42.3 Å². The van der Waals surface area contributed by atoms with Crippen molar-refractivity contribution in [1.82, 2.24) is 10.2 Å². The van der Waals surface area contributed by atoms with Crippen LogP contribution in [0.4, 0.5) is 0 Å². The molecule has 0 aliphatic carbocycles. The first-order valence-corrected chi connectivity index (χ1v) is 7.79. The minimum atomic E-state index is 0.710. The number of hydrogen-bond donors (Lipinski definition) is 1. The van der Waals surface area contributed by atoms with Crippen molar-refractivity contribution in [2.75, 3.05) is 19.6 Å². The van der Waals surface area contributed by atoms with Gasteiger partial charge in [0.05, 0.1) is 0 Å². The lowest BCUT2D eigenvalue weighted by molar-refractivity contribution is 0.199. The van der Waals surface area contributed by atoms with Gasteiger partial charge in [-0.1, -0.05) is 43.3 Å². The van der Waals surface area contributed by atoms with Crippen molar-refractivity contribution in [1.29, 1.82) is 0 Å². The summed E-state index contributed by atoms with van der Waals surface area (Å²) in [7, 11) is 0. The van der Waals surface area contributed by atoms with Crippen molar-refractivity contribution in [3.05, 3.63) is 48.0 Å². The molecule has 1 heterocycles. The number of hydrogen-bond acceptors (Lipinski definition) is 2. The molecular formula is C18H24N2. The van der Waals surface area contributed by atoms with E-state index < -0.39 is 0 Å². The third-order valence-corrected chi connectivity index (χ3v) is 4.26. The summed E-state index contributed by atoms with van der Waals surface area (Å²) < 4.78 is 0. The summed E-state index contributed by atoms with van der Waals surface area (Å²) in [6.07, 6.45) is 2.51. The highest BCUT2D eigenvalue weighted by Gasteiger charge is 2.21. The van der Waals surface area contributed by atoms with Crippen LogP contribution in [-0.2, 0) is 6.54 Å². The maximum absolute atomic E-state index is 3.48. The molecule has 2 nitrogen and oxygen atoms in total. The standard InChI is InChI=1S/C18H24N2/c1-2-11-20(18-9-10-19-13-18)14-15-7-8-16-5-3-4-6-17(16)12-15/h3-8,12,18-19H,2,9-11,13-14H2,1H3. The Kier molecular flexibility index (Phi) is 4.34. The molecule has 20 heavy (non-hydrogen) atoms. The summed E-state index contributed by atoms with van der Waals surface area (Å²) in [5.74, 6) is 0. The molecule has 1 atom stereocenters. The maximum atomic E-state index is 3.48. The van der Waals surface area contributed by atoms with Crippen LogP contribution in [0.25, 0.3) is 10.8 Å². The molecule has 0 amide bonds. The number of nitrogens with one attached hydrogen (secondary N) is 1. The van der Waals surface area contributed by atoms with E-state index in [4.69, 9.17) is 0 Å². The fourth-order valence-corrected chi connectivity index (χ4v) is 3.20. The van der Waals surface area contributed by atoms with Crippen molar-refractivity contribution in [2.45, 2.75) is 32.4 Å². The summed E-state index contributed by atoms with van der Waals surface area (Å²) in [5, 5.41) is 6.17. The molecule has 1 N–H and O–H groups in total. The van der Waals surface area contributed by atoms with E-state index in [0.717, 1.165) is 13.1 Å². The zero-order chi connectivity index (χ0) is 13.8. The topological polar surface area (TPSA) is 15.3 Å². The molecule has 0 radical (unpaired) electrons. The van der Waals surface area contributed by atoms with Crippen LogP contribution in [-0.4, -0.2) is 30.6 Å². The van der Waals surface area contributed by atoms with Gasteiger partial charge >= 0.3 is 0 Å². The third-order valence-electron chi connectivity index (χ3n) is 4.26. The quantitative estimate of drug-likeness (QED) is 0.894. The Hall–Kier alpha value is -1.38. The molecule has 2 aromatic rings. The highest BCUT2D eigenvalue weighted by molar-refractivity contribution is 5.82. The van der Waals surface area contributed by atoms with E-state index in [2.05, 4.69) is 59.6 Å². The highest BCUT2D eigenvalue weighted by atomic mass is 15.2. The Bertz CT molecular complexity index is 558. The molecule has 0 spiro atoms. The minimum absolute atomic E-state index is 0.710. The third kappa shape index (κ3) is 3.02. The van der Waals surface area contributed by atoms with E-state index in [9.17, 15) is 0 Å². The summed E-state index contributed by atoms with van der Waals surface area (Å²) in [6, 6.07) is 16.2. The van der Waals surface area contributed by atoms with Crippen LogP contribution in [0.3, 0.4) is 0 Å². The SMILES string of the molecule is CCCN(Cc1ccc2ccccc2c1)C1CCNC1. The zero-order valence-electron chi connectivity index (χ0n) is 12.3. The summed E-state index contributed by atoms with van der Waals surface area (Å²) in [5.41, 5.74) is 1.43. The van der Waals surface area contributed by atoms with Crippen molar-refractivity contribution in [3.8, 4) is 0 Å². The van der Waals surface area contributed by atoms with Gasteiger partial charge in [-0.2, -0.15) is 0 Å². The molecular weight excluding hydrogens is 244 g/mol. The maximum Gasteiger partial charge on any atom is 0.0237 e. The largest absolute Gasteiger partial charge is 0.315 e. The van der Waals surface area contributed by atoms with Gasteiger partial charge in [0, 0.05) is 19.1 Å². The van der Waals surface area contributed by atoms with Crippen molar-refractivity contribution in [2.24, 2.45) is 0 Å². The Morgan fingerprint density at radius 1 is 1.15 bits per heavy atom. The zero-order valence-corrected chi connectivity index (χ0v) is 12.3. The molecule has 106 valence electrons. The van der Waals surface area contributed by atoms with Crippen LogP contribution in [0.15, 0.2) is 42.5 Å². The lowest BCUT2D eigenvalue weighted by atomic mass is 10.1. The van der Waals surface area contributed by atoms with Gasteiger partial charge in [0.1, 0.15) is 0 Å². The molecule has 1 unspecified atom stereocenters. The van der Waals surface area contributed by atoms with E-state index in [0.29, 0.717) is 6.04 Å². The molecule has 2 heteroatoms. The van der Waals surface area contributed by atoms with Crippen LogP contribution in [0, 0.1) is 0 Å². The van der Waals surface area contributed by atoms with Gasteiger partial charge in [-0.25, -0.2) is 0 Å². The van der Waals surface area contributed by atoms with Crippen LogP contribution < -0.4 is 5.32 Å². The van der Waals surface area contributed by atoms with Crippen molar-refractivity contribution in [3.63, 3.8) is 0 Å². The fraction of sp³-hybridized carbons (Fsp3) is 0.444. The molecule has 0 aromatic heterocycles. The van der Waals surface area contributed by atoms with Gasteiger partial charge in [-0.3, -0.25) is 4.90 Å². The lowest BCUT2D eigenvalue weighted by Crippen LogP contribution is -2.36. The molecule has 2 aromatic carbocycles. The first-order valence-electron chi connectivity index (χ1n) is 7.79.